The minimum atomic E-state index is 0.246. The molecule has 0 atom stereocenters. The number of hydrogen-bond donors (Lipinski definition) is 1. The van der Waals surface area contributed by atoms with Gasteiger partial charge in [0.25, 0.3) is 0 Å². The van der Waals surface area contributed by atoms with Crippen LogP contribution in [-0.4, -0.2) is 48.3 Å². The molecule has 2 aromatic heterocycles. The molecule has 0 bridgehead atoms. The molecule has 0 unspecified atom stereocenters. The van der Waals surface area contributed by atoms with Crippen LogP contribution in [0, 0.1) is 6.92 Å². The van der Waals surface area contributed by atoms with Crippen LogP contribution in [0.3, 0.4) is 0 Å². The molecule has 2 fully saturated rings. The molecule has 2 aliphatic rings. The highest BCUT2D eigenvalue weighted by Gasteiger charge is 2.39. The molecule has 0 radical (unpaired) electrons. The molecule has 0 aliphatic carbocycles. The fourth-order valence-electron chi connectivity index (χ4n) is 3.88. The minimum Gasteiger partial charge on any atom is -0.441 e. The topological polar surface area (TPSA) is 50.5 Å². The van der Waals surface area contributed by atoms with Crippen LogP contribution in [0.2, 0.25) is 0 Å². The zero-order valence-electron chi connectivity index (χ0n) is 14.2. The molecule has 2 aliphatic heterocycles. The Morgan fingerprint density at radius 3 is 2.96 bits per heavy atom. The van der Waals surface area contributed by atoms with Gasteiger partial charge in [-0.15, -0.1) is 0 Å². The Kier molecular flexibility index (Phi) is 4.72. The number of oxazole rings is 1. The first-order valence-electron chi connectivity index (χ1n) is 8.79. The van der Waals surface area contributed by atoms with Crippen molar-refractivity contribution in [1.29, 1.82) is 0 Å². The maximum atomic E-state index is 5.94. The Morgan fingerprint density at radius 1 is 1.29 bits per heavy atom. The molecule has 6 heteroatoms. The van der Waals surface area contributed by atoms with Gasteiger partial charge in [0.1, 0.15) is 5.76 Å². The third kappa shape index (κ3) is 3.16. The highest BCUT2D eigenvalue weighted by molar-refractivity contribution is 7.08. The molecule has 0 amide bonds. The highest BCUT2D eigenvalue weighted by Crippen LogP contribution is 2.34. The van der Waals surface area contributed by atoms with E-state index < -0.39 is 0 Å². The molecule has 1 spiro atoms. The molecule has 4 heterocycles. The van der Waals surface area contributed by atoms with E-state index in [1.807, 2.05) is 6.92 Å². The first-order valence-corrected chi connectivity index (χ1v) is 9.74. The van der Waals surface area contributed by atoms with E-state index in [4.69, 9.17) is 14.1 Å². The molecule has 2 aromatic rings. The van der Waals surface area contributed by atoms with E-state index >= 15 is 0 Å². The fourth-order valence-corrected chi connectivity index (χ4v) is 4.51. The average Bonchev–Trinajstić information content (AvgIpc) is 3.20. The van der Waals surface area contributed by atoms with Gasteiger partial charge in [-0.05, 0) is 44.2 Å². The quantitative estimate of drug-likeness (QED) is 0.925. The van der Waals surface area contributed by atoms with Crippen LogP contribution in [0.25, 0.3) is 11.5 Å². The number of ether oxygens (including phenoxy) is 1. The Labute approximate surface area is 147 Å². The van der Waals surface area contributed by atoms with Crippen LogP contribution in [-0.2, 0) is 11.3 Å². The lowest BCUT2D eigenvalue weighted by Gasteiger charge is -2.45. The molecule has 5 nitrogen and oxygen atoms in total. The van der Waals surface area contributed by atoms with Gasteiger partial charge in [0, 0.05) is 49.3 Å². The lowest BCUT2D eigenvalue weighted by molar-refractivity contribution is -0.0313. The molecule has 4 rings (SSSR count). The van der Waals surface area contributed by atoms with E-state index in [2.05, 4.69) is 27.0 Å². The SMILES string of the molecule is Cc1oc(-c2ccsc2)nc1CN1CCNCCC12CCOCC2. The number of nitrogens with zero attached hydrogens (tertiary/aromatic N) is 2. The summed E-state index contributed by atoms with van der Waals surface area (Å²) < 4.78 is 11.6. The van der Waals surface area contributed by atoms with Gasteiger partial charge in [0.2, 0.25) is 5.89 Å². The lowest BCUT2D eigenvalue weighted by atomic mass is 9.84. The van der Waals surface area contributed by atoms with E-state index in [0.717, 1.165) is 75.1 Å². The number of aromatic nitrogens is 1. The van der Waals surface area contributed by atoms with Crippen molar-refractivity contribution < 1.29 is 9.15 Å². The van der Waals surface area contributed by atoms with Gasteiger partial charge in [-0.25, -0.2) is 4.98 Å². The molecular weight excluding hydrogens is 322 g/mol. The van der Waals surface area contributed by atoms with Crippen molar-refractivity contribution >= 4 is 11.3 Å². The maximum absolute atomic E-state index is 5.94. The Bertz CT molecular complexity index is 662. The predicted molar refractivity (Wildman–Crippen MR) is 95.2 cm³/mol. The van der Waals surface area contributed by atoms with Gasteiger partial charge >= 0.3 is 0 Å². The molecule has 0 aromatic carbocycles. The fraction of sp³-hybridized carbons (Fsp3) is 0.611. The molecule has 2 saturated heterocycles. The van der Waals surface area contributed by atoms with Crippen molar-refractivity contribution in [2.75, 3.05) is 32.8 Å². The van der Waals surface area contributed by atoms with Crippen LogP contribution in [0.4, 0.5) is 0 Å². The zero-order chi connectivity index (χ0) is 16.4. The molecular formula is C18H25N3O2S. The van der Waals surface area contributed by atoms with Gasteiger partial charge in [-0.2, -0.15) is 11.3 Å². The summed E-state index contributed by atoms with van der Waals surface area (Å²) in [5, 5.41) is 7.70. The summed E-state index contributed by atoms with van der Waals surface area (Å²) >= 11 is 1.67. The van der Waals surface area contributed by atoms with Crippen molar-refractivity contribution in [3.8, 4) is 11.5 Å². The van der Waals surface area contributed by atoms with Gasteiger partial charge in [-0.1, -0.05) is 0 Å². The van der Waals surface area contributed by atoms with E-state index in [1.165, 1.54) is 6.42 Å². The molecule has 24 heavy (non-hydrogen) atoms. The van der Waals surface area contributed by atoms with Crippen molar-refractivity contribution in [3.05, 3.63) is 28.3 Å². The van der Waals surface area contributed by atoms with Crippen molar-refractivity contribution in [2.45, 2.75) is 38.3 Å². The Morgan fingerprint density at radius 2 is 2.17 bits per heavy atom. The third-order valence-electron chi connectivity index (χ3n) is 5.42. The summed E-state index contributed by atoms with van der Waals surface area (Å²) in [5.41, 5.74) is 2.40. The van der Waals surface area contributed by atoms with Crippen LogP contribution in [0.15, 0.2) is 21.2 Å². The summed E-state index contributed by atoms with van der Waals surface area (Å²) in [6.45, 7) is 7.82. The summed E-state index contributed by atoms with van der Waals surface area (Å²) in [7, 11) is 0. The van der Waals surface area contributed by atoms with Gasteiger partial charge in [0.05, 0.1) is 5.69 Å². The third-order valence-corrected chi connectivity index (χ3v) is 6.10. The number of thiophene rings is 1. The second kappa shape index (κ2) is 6.96. The normalized spacial score (nSPS) is 21.9. The maximum Gasteiger partial charge on any atom is 0.227 e. The van der Waals surface area contributed by atoms with E-state index in [0.29, 0.717) is 0 Å². The standard InChI is InChI=1S/C18H25N3O2S/c1-14-16(20-17(23-14)15-2-11-24-13-15)12-21-8-7-19-6-3-18(21)4-9-22-10-5-18/h2,11,13,19H,3-10,12H2,1H3. The summed E-state index contributed by atoms with van der Waals surface area (Å²) in [4.78, 5) is 7.42. The van der Waals surface area contributed by atoms with Crippen molar-refractivity contribution in [2.24, 2.45) is 0 Å². The molecule has 130 valence electrons. The van der Waals surface area contributed by atoms with Crippen molar-refractivity contribution in [1.82, 2.24) is 15.2 Å². The van der Waals surface area contributed by atoms with Crippen molar-refractivity contribution in [3.63, 3.8) is 0 Å². The second-order valence-corrected chi connectivity index (χ2v) is 7.57. The number of hydrogen-bond acceptors (Lipinski definition) is 6. The smallest absolute Gasteiger partial charge is 0.227 e. The lowest BCUT2D eigenvalue weighted by Crippen LogP contribution is -2.52. The number of nitrogens with one attached hydrogen (secondary N) is 1. The van der Waals surface area contributed by atoms with E-state index in [1.54, 1.807) is 11.3 Å². The van der Waals surface area contributed by atoms with Gasteiger partial charge < -0.3 is 14.5 Å². The highest BCUT2D eigenvalue weighted by atomic mass is 32.1. The predicted octanol–water partition coefficient (Wildman–Crippen LogP) is 3.06. The summed E-state index contributed by atoms with van der Waals surface area (Å²) in [6.07, 6.45) is 3.41. The van der Waals surface area contributed by atoms with Gasteiger partial charge in [-0.3, -0.25) is 4.90 Å². The first kappa shape index (κ1) is 16.3. The summed E-state index contributed by atoms with van der Waals surface area (Å²) in [5.74, 6) is 1.69. The van der Waals surface area contributed by atoms with Crippen LogP contribution >= 0.6 is 11.3 Å². The average molecular weight is 347 g/mol. The Balaban J connectivity index is 1.58. The number of aryl methyl sites for hydroxylation is 1. The zero-order valence-corrected chi connectivity index (χ0v) is 15.0. The minimum absolute atomic E-state index is 0.246. The molecule has 0 saturated carbocycles. The molecule has 1 N–H and O–H groups in total. The second-order valence-electron chi connectivity index (χ2n) is 6.79. The monoisotopic (exact) mass is 347 g/mol. The Hall–Kier alpha value is -1.21. The van der Waals surface area contributed by atoms with E-state index in [9.17, 15) is 0 Å². The first-order chi connectivity index (χ1) is 11.8. The summed E-state index contributed by atoms with van der Waals surface area (Å²) in [6, 6.07) is 2.07. The van der Waals surface area contributed by atoms with Crippen LogP contribution in [0.1, 0.15) is 30.7 Å². The van der Waals surface area contributed by atoms with Gasteiger partial charge in [0.15, 0.2) is 0 Å². The van der Waals surface area contributed by atoms with Crippen LogP contribution < -0.4 is 5.32 Å². The number of rotatable bonds is 3. The largest absolute Gasteiger partial charge is 0.441 e. The van der Waals surface area contributed by atoms with E-state index in [-0.39, 0.29) is 5.54 Å². The van der Waals surface area contributed by atoms with Crippen LogP contribution in [0.5, 0.6) is 0 Å².